The smallest absolute Gasteiger partial charge is 0.274 e. The summed E-state index contributed by atoms with van der Waals surface area (Å²) in [5.41, 5.74) is 2.55. The summed E-state index contributed by atoms with van der Waals surface area (Å²) < 4.78 is 4.11. The van der Waals surface area contributed by atoms with Crippen LogP contribution in [-0.4, -0.2) is 43.2 Å². The van der Waals surface area contributed by atoms with Crippen LogP contribution in [0, 0.1) is 5.92 Å². The van der Waals surface area contributed by atoms with Gasteiger partial charge in [0.25, 0.3) is 5.91 Å². The van der Waals surface area contributed by atoms with E-state index in [-0.39, 0.29) is 5.91 Å². The first kappa shape index (κ1) is 18.2. The topological polar surface area (TPSA) is 56.0 Å². The summed E-state index contributed by atoms with van der Waals surface area (Å²) in [5.74, 6) is 2.28. The molecular formula is C23H27N5O. The van der Waals surface area contributed by atoms with Gasteiger partial charge >= 0.3 is 0 Å². The van der Waals surface area contributed by atoms with Crippen molar-refractivity contribution in [2.45, 2.75) is 38.1 Å². The Hall–Kier alpha value is -2.89. The fraction of sp³-hybridized carbons (Fsp3) is 0.435. The second-order valence-corrected chi connectivity index (χ2v) is 8.38. The highest BCUT2D eigenvalue weighted by atomic mass is 16.2. The monoisotopic (exact) mass is 389 g/mol. The molecule has 1 aromatic carbocycles. The number of nitrogens with zero attached hydrogens (tertiary/aromatic N) is 5. The summed E-state index contributed by atoms with van der Waals surface area (Å²) in [6.45, 7) is 2.58. The van der Waals surface area contributed by atoms with Crippen LogP contribution in [0.4, 0.5) is 0 Å². The Morgan fingerprint density at radius 1 is 1.17 bits per heavy atom. The highest BCUT2D eigenvalue weighted by Crippen LogP contribution is 2.33. The fourth-order valence-corrected chi connectivity index (χ4v) is 4.40. The van der Waals surface area contributed by atoms with Crippen molar-refractivity contribution >= 4 is 5.91 Å². The minimum Gasteiger partial charge on any atom is -0.337 e. The van der Waals surface area contributed by atoms with Crippen LogP contribution in [0.15, 0.2) is 48.8 Å². The molecule has 6 nitrogen and oxygen atoms in total. The van der Waals surface area contributed by atoms with Gasteiger partial charge in [0.05, 0.1) is 5.69 Å². The van der Waals surface area contributed by atoms with Gasteiger partial charge < -0.3 is 9.47 Å². The van der Waals surface area contributed by atoms with Crippen molar-refractivity contribution in [1.29, 1.82) is 0 Å². The van der Waals surface area contributed by atoms with Gasteiger partial charge in [-0.1, -0.05) is 30.3 Å². The first-order valence-electron chi connectivity index (χ1n) is 10.6. The predicted molar refractivity (Wildman–Crippen MR) is 111 cm³/mol. The van der Waals surface area contributed by atoms with Crippen LogP contribution < -0.4 is 0 Å². The molecular weight excluding hydrogens is 362 g/mol. The first-order valence-corrected chi connectivity index (χ1v) is 10.6. The molecule has 1 saturated heterocycles. The van der Waals surface area contributed by atoms with E-state index in [9.17, 15) is 4.79 Å². The molecule has 0 radical (unpaired) electrons. The van der Waals surface area contributed by atoms with E-state index in [2.05, 4.69) is 20.8 Å². The van der Waals surface area contributed by atoms with E-state index < -0.39 is 0 Å². The van der Waals surface area contributed by atoms with Crippen LogP contribution in [0.25, 0.3) is 11.3 Å². The lowest BCUT2D eigenvalue weighted by Crippen LogP contribution is -2.40. The average molecular weight is 390 g/mol. The number of benzene rings is 1. The molecule has 0 spiro atoms. The number of aromatic nitrogens is 4. The van der Waals surface area contributed by atoms with Crippen molar-refractivity contribution < 1.29 is 4.79 Å². The van der Waals surface area contributed by atoms with Crippen molar-refractivity contribution in [2.75, 3.05) is 13.1 Å². The lowest BCUT2D eigenvalue weighted by molar-refractivity contribution is 0.0696. The molecule has 1 aliphatic carbocycles. The van der Waals surface area contributed by atoms with E-state index in [0.717, 1.165) is 55.5 Å². The molecule has 5 rings (SSSR count). The molecule has 6 heteroatoms. The number of carbonyl (C=O) groups excluding carboxylic acids is 1. The third kappa shape index (κ3) is 3.71. The Kier molecular flexibility index (Phi) is 4.70. The third-order valence-corrected chi connectivity index (χ3v) is 6.14. The van der Waals surface area contributed by atoms with E-state index >= 15 is 0 Å². The zero-order valence-electron chi connectivity index (χ0n) is 16.9. The summed E-state index contributed by atoms with van der Waals surface area (Å²) in [6, 6.07) is 12.0. The molecule has 0 bridgehead atoms. The molecule has 1 amide bonds. The molecule has 1 unspecified atom stereocenters. The maximum atomic E-state index is 13.2. The second kappa shape index (κ2) is 7.50. The molecule has 2 aliphatic rings. The summed E-state index contributed by atoms with van der Waals surface area (Å²) in [5, 5.41) is 4.52. The van der Waals surface area contributed by atoms with E-state index in [0.29, 0.717) is 11.6 Å². The average Bonchev–Trinajstić information content (AvgIpc) is 3.30. The van der Waals surface area contributed by atoms with Crippen LogP contribution in [0.5, 0.6) is 0 Å². The van der Waals surface area contributed by atoms with Crippen LogP contribution in [0.2, 0.25) is 0 Å². The van der Waals surface area contributed by atoms with Gasteiger partial charge in [-0.15, -0.1) is 0 Å². The highest BCUT2D eigenvalue weighted by molar-refractivity contribution is 5.93. The van der Waals surface area contributed by atoms with Gasteiger partial charge in [-0.05, 0) is 43.2 Å². The Morgan fingerprint density at radius 3 is 2.79 bits per heavy atom. The molecule has 29 heavy (non-hydrogen) atoms. The Morgan fingerprint density at radius 2 is 2.00 bits per heavy atom. The zero-order valence-corrected chi connectivity index (χ0v) is 16.9. The molecule has 0 N–H and O–H groups in total. The summed E-state index contributed by atoms with van der Waals surface area (Å²) in [6.07, 6.45) is 8.75. The summed E-state index contributed by atoms with van der Waals surface area (Å²) in [7, 11) is 1.90. The van der Waals surface area contributed by atoms with Crippen molar-refractivity contribution in [3.63, 3.8) is 0 Å². The normalized spacial score (nSPS) is 19.5. The molecule has 1 atom stereocenters. The van der Waals surface area contributed by atoms with Crippen molar-refractivity contribution in [2.24, 2.45) is 13.0 Å². The molecule has 1 saturated carbocycles. The highest BCUT2D eigenvalue weighted by Gasteiger charge is 2.30. The predicted octanol–water partition coefficient (Wildman–Crippen LogP) is 3.71. The van der Waals surface area contributed by atoms with Gasteiger partial charge in [0.2, 0.25) is 0 Å². The number of likely N-dealkylation sites (tertiary alicyclic amines) is 1. The Bertz CT molecular complexity index is 1000. The van der Waals surface area contributed by atoms with Crippen LogP contribution >= 0.6 is 0 Å². The maximum absolute atomic E-state index is 13.2. The molecule has 3 heterocycles. The quantitative estimate of drug-likeness (QED) is 0.668. The Balaban J connectivity index is 1.33. The minimum atomic E-state index is 0.0211. The fourth-order valence-electron chi connectivity index (χ4n) is 4.40. The number of hydrogen-bond donors (Lipinski definition) is 0. The molecule has 2 fully saturated rings. The van der Waals surface area contributed by atoms with E-state index in [4.69, 9.17) is 0 Å². The molecule has 3 aromatic rings. The third-order valence-electron chi connectivity index (χ3n) is 6.14. The number of hydrogen-bond acceptors (Lipinski definition) is 3. The van der Waals surface area contributed by atoms with Crippen LogP contribution in [0.3, 0.4) is 0 Å². The number of rotatable bonds is 5. The van der Waals surface area contributed by atoms with E-state index in [1.165, 1.54) is 12.8 Å². The lowest BCUT2D eigenvalue weighted by Gasteiger charge is -2.32. The number of piperidine rings is 1. The largest absolute Gasteiger partial charge is 0.337 e. The van der Waals surface area contributed by atoms with E-state index in [1.807, 2.05) is 54.5 Å². The SMILES string of the molecule is Cn1nc(C(=O)N2CCCC(c3nccn3CC3CC3)C2)cc1-c1ccccc1. The first-order chi connectivity index (χ1) is 14.2. The standard InChI is InChI=1S/C23H27N5O/c1-26-21(18-6-3-2-4-7-18)14-20(25-26)23(29)28-12-5-8-19(16-28)22-24-11-13-27(22)15-17-9-10-17/h2-4,6-7,11,13-14,17,19H,5,8-10,12,15-16H2,1H3. The maximum Gasteiger partial charge on any atom is 0.274 e. The minimum absolute atomic E-state index is 0.0211. The second-order valence-electron chi connectivity index (χ2n) is 8.38. The van der Waals surface area contributed by atoms with Gasteiger partial charge in [-0.25, -0.2) is 4.98 Å². The summed E-state index contributed by atoms with van der Waals surface area (Å²) >= 11 is 0. The lowest BCUT2D eigenvalue weighted by atomic mass is 9.96. The number of carbonyl (C=O) groups is 1. The van der Waals surface area contributed by atoms with Gasteiger partial charge in [-0.2, -0.15) is 5.10 Å². The number of aryl methyl sites for hydroxylation is 1. The van der Waals surface area contributed by atoms with Crippen molar-refractivity contribution in [3.05, 3.63) is 60.3 Å². The Labute approximate surface area is 171 Å². The summed E-state index contributed by atoms with van der Waals surface area (Å²) in [4.78, 5) is 19.8. The number of amides is 1. The van der Waals surface area contributed by atoms with E-state index in [1.54, 1.807) is 4.68 Å². The van der Waals surface area contributed by atoms with Crippen molar-refractivity contribution in [3.8, 4) is 11.3 Å². The van der Waals surface area contributed by atoms with Gasteiger partial charge in [0.15, 0.2) is 5.69 Å². The molecule has 1 aliphatic heterocycles. The van der Waals surface area contributed by atoms with Crippen molar-refractivity contribution in [1.82, 2.24) is 24.2 Å². The zero-order chi connectivity index (χ0) is 19.8. The number of imidazole rings is 1. The molecule has 150 valence electrons. The van der Waals surface area contributed by atoms with Gasteiger partial charge in [0, 0.05) is 45.0 Å². The van der Waals surface area contributed by atoms with Crippen LogP contribution in [0.1, 0.15) is 47.9 Å². The van der Waals surface area contributed by atoms with Crippen LogP contribution in [-0.2, 0) is 13.6 Å². The van der Waals surface area contributed by atoms with Gasteiger partial charge in [0.1, 0.15) is 5.82 Å². The van der Waals surface area contributed by atoms with Gasteiger partial charge in [-0.3, -0.25) is 9.48 Å². The molecule has 2 aromatic heterocycles.